The molecule has 2 aromatic carbocycles. The number of amides is 1. The van der Waals surface area contributed by atoms with Crippen LogP contribution in [0.25, 0.3) is 0 Å². The van der Waals surface area contributed by atoms with Crippen LogP contribution in [0.1, 0.15) is 29.6 Å². The van der Waals surface area contributed by atoms with Crippen LogP contribution in [0.15, 0.2) is 47.4 Å². The second-order valence-corrected chi connectivity index (χ2v) is 9.18. The van der Waals surface area contributed by atoms with E-state index in [9.17, 15) is 33.4 Å². The minimum atomic E-state index is -4.03. The van der Waals surface area contributed by atoms with Crippen molar-refractivity contribution >= 4 is 33.0 Å². The van der Waals surface area contributed by atoms with Crippen LogP contribution < -0.4 is 14.9 Å². The second kappa shape index (κ2) is 10.4. The number of hydrogen-bond acceptors (Lipinski definition) is 8. The van der Waals surface area contributed by atoms with Gasteiger partial charge in [-0.3, -0.25) is 25.0 Å². The Kier molecular flexibility index (Phi) is 7.55. The smallest absolute Gasteiger partial charge is 0.270 e. The molecule has 0 spiro atoms. The van der Waals surface area contributed by atoms with E-state index in [0.717, 1.165) is 38.4 Å². The number of hydrogen-bond donors (Lipinski definition) is 2. The predicted octanol–water partition coefficient (Wildman–Crippen LogP) is 2.20. The van der Waals surface area contributed by atoms with Gasteiger partial charge in [-0.15, -0.1) is 0 Å². The average Bonchev–Trinajstić information content (AvgIpc) is 2.82. The number of benzene rings is 2. The molecule has 1 aliphatic rings. The summed E-state index contributed by atoms with van der Waals surface area (Å²) in [5, 5.41) is 24.6. The molecule has 12 nitrogen and oxygen atoms in total. The number of carbonyl (C=O) groups is 1. The lowest BCUT2D eigenvalue weighted by molar-refractivity contribution is -0.385. The van der Waals surface area contributed by atoms with Gasteiger partial charge in [0.1, 0.15) is 0 Å². The van der Waals surface area contributed by atoms with E-state index < -0.39 is 25.8 Å². The van der Waals surface area contributed by atoms with E-state index in [-0.39, 0.29) is 34.9 Å². The summed E-state index contributed by atoms with van der Waals surface area (Å²) in [6.45, 7) is 1.21. The van der Waals surface area contributed by atoms with Gasteiger partial charge in [-0.1, -0.05) is 6.07 Å². The third kappa shape index (κ3) is 6.02. The van der Waals surface area contributed by atoms with Crippen molar-refractivity contribution in [2.24, 2.45) is 0 Å². The van der Waals surface area contributed by atoms with Crippen molar-refractivity contribution in [1.29, 1.82) is 0 Å². The highest BCUT2D eigenvalue weighted by Gasteiger charge is 2.22. The highest BCUT2D eigenvalue weighted by Crippen LogP contribution is 2.28. The molecule has 0 aromatic heterocycles. The molecule has 0 radical (unpaired) electrons. The molecule has 3 rings (SSSR count). The number of carbonyl (C=O) groups excluding carboxylic acids is 1. The lowest BCUT2D eigenvalue weighted by Crippen LogP contribution is -2.36. The Morgan fingerprint density at radius 2 is 1.61 bits per heavy atom. The summed E-state index contributed by atoms with van der Waals surface area (Å²) in [7, 11) is -4.03. The van der Waals surface area contributed by atoms with Crippen LogP contribution >= 0.6 is 0 Å². The molecule has 2 aromatic rings. The van der Waals surface area contributed by atoms with E-state index in [2.05, 4.69) is 10.0 Å². The van der Waals surface area contributed by atoms with Gasteiger partial charge in [-0.05, 0) is 31.4 Å². The molecule has 0 aliphatic carbocycles. The molecule has 1 aliphatic heterocycles. The maximum atomic E-state index is 12.8. The Morgan fingerprint density at radius 3 is 2.27 bits per heavy atom. The fraction of sp³-hybridized carbons (Fsp3) is 0.350. The van der Waals surface area contributed by atoms with Crippen LogP contribution in [0.3, 0.4) is 0 Å². The number of sulfonamides is 1. The predicted molar refractivity (Wildman–Crippen MR) is 120 cm³/mol. The molecule has 13 heteroatoms. The van der Waals surface area contributed by atoms with Gasteiger partial charge >= 0.3 is 0 Å². The standard InChI is InChI=1S/C20H23N5O7S/c26-20(18-14-16(25(29)30)7-8-19(18)23-11-2-1-3-12-23)21-9-10-22-33(31,32)17-6-4-5-15(13-17)24(27)28/h4-8,13-14,22H,1-3,9-12H2,(H,21,26). The van der Waals surface area contributed by atoms with Crippen LogP contribution in [-0.4, -0.2) is 50.4 Å². The number of nitro groups is 2. The van der Waals surface area contributed by atoms with E-state index in [4.69, 9.17) is 0 Å². The van der Waals surface area contributed by atoms with Gasteiger partial charge in [-0.2, -0.15) is 0 Å². The largest absolute Gasteiger partial charge is 0.371 e. The van der Waals surface area contributed by atoms with Crippen molar-refractivity contribution in [3.63, 3.8) is 0 Å². The number of nitro benzene ring substituents is 2. The number of anilines is 1. The van der Waals surface area contributed by atoms with Crippen molar-refractivity contribution in [2.45, 2.75) is 24.2 Å². The maximum absolute atomic E-state index is 12.8. The topological polar surface area (TPSA) is 165 Å². The Morgan fingerprint density at radius 1 is 0.939 bits per heavy atom. The minimum Gasteiger partial charge on any atom is -0.371 e. The van der Waals surface area contributed by atoms with Gasteiger partial charge in [0.25, 0.3) is 17.3 Å². The Bertz CT molecular complexity index is 1160. The van der Waals surface area contributed by atoms with Gasteiger partial charge in [0.15, 0.2) is 0 Å². The van der Waals surface area contributed by atoms with Crippen LogP contribution in [-0.2, 0) is 10.0 Å². The van der Waals surface area contributed by atoms with Crippen molar-refractivity contribution in [3.8, 4) is 0 Å². The van der Waals surface area contributed by atoms with Gasteiger partial charge in [0.2, 0.25) is 10.0 Å². The monoisotopic (exact) mass is 477 g/mol. The Labute approximate surface area is 189 Å². The Balaban J connectivity index is 1.66. The third-order valence-corrected chi connectivity index (χ3v) is 6.63. The maximum Gasteiger partial charge on any atom is 0.270 e. The molecule has 0 unspecified atom stereocenters. The first-order valence-electron chi connectivity index (χ1n) is 10.2. The molecule has 33 heavy (non-hydrogen) atoms. The zero-order valence-corrected chi connectivity index (χ0v) is 18.4. The highest BCUT2D eigenvalue weighted by atomic mass is 32.2. The molecule has 1 saturated heterocycles. The SMILES string of the molecule is O=C(NCCNS(=O)(=O)c1cccc([N+](=O)[O-])c1)c1cc([N+](=O)[O-])ccc1N1CCCCC1. The van der Waals surface area contributed by atoms with Crippen molar-refractivity contribution in [1.82, 2.24) is 10.0 Å². The second-order valence-electron chi connectivity index (χ2n) is 7.41. The van der Waals surface area contributed by atoms with E-state index in [1.807, 2.05) is 4.90 Å². The fourth-order valence-corrected chi connectivity index (χ4v) is 4.61. The molecular weight excluding hydrogens is 454 g/mol. The van der Waals surface area contributed by atoms with E-state index >= 15 is 0 Å². The first kappa shape index (κ1) is 24.1. The number of rotatable bonds is 9. The third-order valence-electron chi connectivity index (χ3n) is 5.17. The first-order chi connectivity index (χ1) is 15.7. The number of piperidine rings is 1. The molecule has 2 N–H and O–H groups in total. The van der Waals surface area contributed by atoms with Crippen LogP contribution in [0.5, 0.6) is 0 Å². The zero-order valence-electron chi connectivity index (χ0n) is 17.6. The summed E-state index contributed by atoms with van der Waals surface area (Å²) in [5.74, 6) is -0.561. The number of nitrogens with one attached hydrogen (secondary N) is 2. The number of non-ortho nitro benzene ring substituents is 2. The summed E-state index contributed by atoms with van der Waals surface area (Å²) in [6, 6.07) is 8.73. The zero-order chi connectivity index (χ0) is 24.0. The summed E-state index contributed by atoms with van der Waals surface area (Å²) < 4.78 is 27.0. The van der Waals surface area contributed by atoms with E-state index in [1.165, 1.54) is 30.3 Å². The first-order valence-corrected chi connectivity index (χ1v) is 11.7. The van der Waals surface area contributed by atoms with Crippen LogP contribution in [0, 0.1) is 20.2 Å². The van der Waals surface area contributed by atoms with Gasteiger partial charge in [0.05, 0.1) is 26.0 Å². The van der Waals surface area contributed by atoms with E-state index in [0.29, 0.717) is 5.69 Å². The summed E-state index contributed by atoms with van der Waals surface area (Å²) in [5.41, 5.74) is 0.164. The summed E-state index contributed by atoms with van der Waals surface area (Å²) in [6.07, 6.45) is 2.99. The lowest BCUT2D eigenvalue weighted by Gasteiger charge is -2.30. The van der Waals surface area contributed by atoms with Gasteiger partial charge < -0.3 is 10.2 Å². The highest BCUT2D eigenvalue weighted by molar-refractivity contribution is 7.89. The molecule has 0 bridgehead atoms. The summed E-state index contributed by atoms with van der Waals surface area (Å²) in [4.78, 5) is 35.3. The summed E-state index contributed by atoms with van der Waals surface area (Å²) >= 11 is 0. The lowest BCUT2D eigenvalue weighted by atomic mass is 10.1. The molecule has 1 amide bonds. The van der Waals surface area contributed by atoms with Gasteiger partial charge in [0, 0.05) is 50.4 Å². The van der Waals surface area contributed by atoms with Crippen LogP contribution in [0.2, 0.25) is 0 Å². The molecule has 1 heterocycles. The van der Waals surface area contributed by atoms with Crippen molar-refractivity contribution in [2.75, 3.05) is 31.1 Å². The molecule has 0 saturated carbocycles. The van der Waals surface area contributed by atoms with Crippen molar-refractivity contribution < 1.29 is 23.1 Å². The fourth-order valence-electron chi connectivity index (χ4n) is 3.53. The van der Waals surface area contributed by atoms with Crippen molar-refractivity contribution in [3.05, 3.63) is 68.3 Å². The van der Waals surface area contributed by atoms with E-state index in [1.54, 1.807) is 6.07 Å². The molecule has 1 fully saturated rings. The van der Waals surface area contributed by atoms with Crippen LogP contribution in [0.4, 0.5) is 17.1 Å². The number of nitrogens with zero attached hydrogens (tertiary/aromatic N) is 3. The molecular formula is C20H23N5O7S. The molecule has 0 atom stereocenters. The quantitative estimate of drug-likeness (QED) is 0.315. The normalized spacial score (nSPS) is 14.0. The average molecular weight is 477 g/mol. The molecule has 176 valence electrons. The van der Waals surface area contributed by atoms with Gasteiger partial charge in [-0.25, -0.2) is 13.1 Å². The Hall–Kier alpha value is -3.58. The minimum absolute atomic E-state index is 0.0882.